The minimum Gasteiger partial charge on any atom is -0.497 e. The first-order chi connectivity index (χ1) is 14.0. The van der Waals surface area contributed by atoms with Crippen LogP contribution in [0, 0.1) is 0 Å². The highest BCUT2D eigenvalue weighted by Gasteiger charge is 2.10. The van der Waals surface area contributed by atoms with Gasteiger partial charge < -0.3 is 24.1 Å². The van der Waals surface area contributed by atoms with Crippen LogP contribution in [-0.4, -0.2) is 31.3 Å². The summed E-state index contributed by atoms with van der Waals surface area (Å²) in [7, 11) is 4.83. The molecule has 1 heterocycles. The van der Waals surface area contributed by atoms with Crippen molar-refractivity contribution in [1.82, 2.24) is 4.57 Å². The predicted octanol–water partition coefficient (Wildman–Crippen LogP) is 3.35. The van der Waals surface area contributed by atoms with Gasteiger partial charge in [-0.3, -0.25) is 9.59 Å². The van der Waals surface area contributed by atoms with Crippen LogP contribution in [0.5, 0.6) is 17.2 Å². The molecule has 7 nitrogen and oxygen atoms in total. The van der Waals surface area contributed by atoms with Crippen LogP contribution < -0.4 is 25.1 Å². The lowest BCUT2D eigenvalue weighted by atomic mass is 10.2. The zero-order valence-electron chi connectivity index (χ0n) is 16.7. The van der Waals surface area contributed by atoms with Gasteiger partial charge in [-0.15, -0.1) is 0 Å². The van der Waals surface area contributed by atoms with E-state index in [2.05, 4.69) is 5.32 Å². The van der Waals surface area contributed by atoms with E-state index in [0.717, 1.165) is 10.9 Å². The molecular weight excluding hydrogens is 372 g/mol. The number of aromatic nitrogens is 1. The smallest absolute Gasteiger partial charge is 0.254 e. The quantitative estimate of drug-likeness (QED) is 0.591. The van der Waals surface area contributed by atoms with Crippen LogP contribution in [0.25, 0.3) is 10.9 Å². The molecule has 1 N–H and O–H groups in total. The normalized spacial score (nSPS) is 10.6. The number of rotatable bonds is 8. The molecular formula is C22H24N2O5. The van der Waals surface area contributed by atoms with Gasteiger partial charge in [-0.05, 0) is 30.7 Å². The van der Waals surface area contributed by atoms with Crippen molar-refractivity contribution in [3.63, 3.8) is 0 Å². The van der Waals surface area contributed by atoms with Gasteiger partial charge in [-0.25, -0.2) is 0 Å². The Morgan fingerprint density at radius 2 is 1.83 bits per heavy atom. The van der Waals surface area contributed by atoms with E-state index in [1.807, 2.05) is 24.3 Å². The number of hydrogen-bond donors (Lipinski definition) is 1. The molecule has 152 valence electrons. The molecule has 3 rings (SSSR count). The van der Waals surface area contributed by atoms with Gasteiger partial charge in [0.1, 0.15) is 17.2 Å². The van der Waals surface area contributed by atoms with Gasteiger partial charge in [-0.1, -0.05) is 12.1 Å². The second-order valence-corrected chi connectivity index (χ2v) is 6.49. The van der Waals surface area contributed by atoms with Crippen molar-refractivity contribution in [3.05, 3.63) is 58.9 Å². The number of benzene rings is 2. The third kappa shape index (κ3) is 4.68. The third-order valence-corrected chi connectivity index (χ3v) is 4.60. The summed E-state index contributed by atoms with van der Waals surface area (Å²) in [6.45, 7) is 0.319. The standard InChI is InChI=1S/C22H24N2O5/c1-24-18-8-5-4-7-16(18)20(14-22(24)26)29-12-6-9-21(25)23-17-13-15(27-2)10-11-19(17)28-3/h4-5,7-8,10-11,13-14H,6,9,12H2,1-3H3,(H,23,25). The number of anilines is 1. The van der Waals surface area contributed by atoms with Gasteiger partial charge in [0.25, 0.3) is 5.56 Å². The molecule has 0 bridgehead atoms. The molecule has 0 unspecified atom stereocenters. The van der Waals surface area contributed by atoms with Gasteiger partial charge in [0.15, 0.2) is 0 Å². The summed E-state index contributed by atoms with van der Waals surface area (Å²) in [6, 6.07) is 14.2. The van der Waals surface area contributed by atoms with Crippen LogP contribution in [0.15, 0.2) is 53.3 Å². The predicted molar refractivity (Wildman–Crippen MR) is 112 cm³/mol. The molecule has 1 aromatic heterocycles. The monoisotopic (exact) mass is 396 g/mol. The first kappa shape index (κ1) is 20.3. The van der Waals surface area contributed by atoms with Crippen molar-refractivity contribution in [2.75, 3.05) is 26.1 Å². The van der Waals surface area contributed by atoms with Crippen molar-refractivity contribution >= 4 is 22.5 Å². The summed E-state index contributed by atoms with van der Waals surface area (Å²) in [5, 5.41) is 3.69. The summed E-state index contributed by atoms with van der Waals surface area (Å²) in [4.78, 5) is 24.4. The number of hydrogen-bond acceptors (Lipinski definition) is 5. The molecule has 0 aliphatic heterocycles. The Balaban J connectivity index is 1.59. The fourth-order valence-corrected chi connectivity index (χ4v) is 3.04. The summed E-state index contributed by atoms with van der Waals surface area (Å²) in [5.74, 6) is 1.55. The second kappa shape index (κ2) is 9.14. The minimum atomic E-state index is -0.158. The topological polar surface area (TPSA) is 78.8 Å². The summed E-state index contributed by atoms with van der Waals surface area (Å²) < 4.78 is 17.8. The number of amides is 1. The number of nitrogens with one attached hydrogen (secondary N) is 1. The average Bonchev–Trinajstić information content (AvgIpc) is 2.74. The molecule has 0 saturated heterocycles. The molecule has 29 heavy (non-hydrogen) atoms. The van der Waals surface area contributed by atoms with Crippen molar-refractivity contribution in [2.45, 2.75) is 12.8 Å². The van der Waals surface area contributed by atoms with Crippen LogP contribution in [0.3, 0.4) is 0 Å². The van der Waals surface area contributed by atoms with Gasteiger partial charge >= 0.3 is 0 Å². The minimum absolute atomic E-state index is 0.137. The SMILES string of the molecule is COc1ccc(OC)c(NC(=O)CCCOc2cc(=O)n(C)c3ccccc23)c1. The lowest BCUT2D eigenvalue weighted by Gasteiger charge is -2.13. The molecule has 0 radical (unpaired) electrons. The van der Waals surface area contributed by atoms with Crippen molar-refractivity contribution < 1.29 is 19.0 Å². The van der Waals surface area contributed by atoms with Crippen LogP contribution in [-0.2, 0) is 11.8 Å². The van der Waals surface area contributed by atoms with Crippen molar-refractivity contribution in [2.24, 2.45) is 7.05 Å². The Hall–Kier alpha value is -3.48. The van der Waals surface area contributed by atoms with Crippen molar-refractivity contribution in [1.29, 1.82) is 0 Å². The fourth-order valence-electron chi connectivity index (χ4n) is 3.04. The van der Waals surface area contributed by atoms with Gasteiger partial charge in [0, 0.05) is 31.0 Å². The van der Waals surface area contributed by atoms with Crippen LogP contribution >= 0.6 is 0 Å². The number of pyridine rings is 1. The zero-order chi connectivity index (χ0) is 20.8. The van der Waals surface area contributed by atoms with E-state index >= 15 is 0 Å². The molecule has 1 amide bonds. The lowest BCUT2D eigenvalue weighted by Crippen LogP contribution is -2.17. The molecule has 7 heteroatoms. The fraction of sp³-hybridized carbons (Fsp3) is 0.273. The Kier molecular flexibility index (Phi) is 6.39. The Bertz CT molecular complexity index is 1070. The molecule has 0 spiro atoms. The lowest BCUT2D eigenvalue weighted by molar-refractivity contribution is -0.116. The molecule has 0 atom stereocenters. The Morgan fingerprint density at radius 1 is 1.03 bits per heavy atom. The number of para-hydroxylation sites is 1. The highest BCUT2D eigenvalue weighted by molar-refractivity contribution is 5.92. The Labute approximate surface area is 168 Å². The second-order valence-electron chi connectivity index (χ2n) is 6.49. The average molecular weight is 396 g/mol. The van der Waals surface area contributed by atoms with Crippen molar-refractivity contribution in [3.8, 4) is 17.2 Å². The summed E-state index contributed by atoms with van der Waals surface area (Å²) >= 11 is 0. The summed E-state index contributed by atoms with van der Waals surface area (Å²) in [6.07, 6.45) is 0.769. The first-order valence-corrected chi connectivity index (χ1v) is 9.27. The molecule has 0 aliphatic rings. The van der Waals surface area contributed by atoms with E-state index in [1.54, 1.807) is 44.0 Å². The number of ether oxygens (including phenoxy) is 3. The molecule has 0 saturated carbocycles. The number of fused-ring (bicyclic) bond motifs is 1. The molecule has 2 aromatic carbocycles. The maximum Gasteiger partial charge on any atom is 0.254 e. The van der Waals surface area contributed by atoms with E-state index in [4.69, 9.17) is 14.2 Å². The van der Waals surface area contributed by atoms with E-state index < -0.39 is 0 Å². The first-order valence-electron chi connectivity index (χ1n) is 9.27. The van der Waals surface area contributed by atoms with E-state index in [-0.39, 0.29) is 17.9 Å². The van der Waals surface area contributed by atoms with Crippen LogP contribution in [0.1, 0.15) is 12.8 Å². The summed E-state index contributed by atoms with van der Waals surface area (Å²) in [5.41, 5.74) is 1.22. The maximum absolute atomic E-state index is 12.3. The number of carbonyl (C=O) groups is 1. The van der Waals surface area contributed by atoms with Gasteiger partial charge in [-0.2, -0.15) is 0 Å². The number of aryl methyl sites for hydroxylation is 1. The molecule has 3 aromatic rings. The highest BCUT2D eigenvalue weighted by Crippen LogP contribution is 2.29. The van der Waals surface area contributed by atoms with E-state index in [1.165, 1.54) is 6.07 Å². The number of methoxy groups -OCH3 is 2. The number of carbonyl (C=O) groups excluding carboxylic acids is 1. The van der Waals surface area contributed by atoms with Gasteiger partial charge in [0.2, 0.25) is 5.91 Å². The van der Waals surface area contributed by atoms with Crippen LogP contribution in [0.4, 0.5) is 5.69 Å². The Morgan fingerprint density at radius 3 is 2.59 bits per heavy atom. The van der Waals surface area contributed by atoms with E-state index in [0.29, 0.717) is 36.0 Å². The zero-order valence-corrected chi connectivity index (χ0v) is 16.7. The highest BCUT2D eigenvalue weighted by atomic mass is 16.5. The van der Waals surface area contributed by atoms with Crippen LogP contribution in [0.2, 0.25) is 0 Å². The number of nitrogens with zero attached hydrogens (tertiary/aromatic N) is 1. The largest absolute Gasteiger partial charge is 0.497 e. The molecule has 0 fully saturated rings. The van der Waals surface area contributed by atoms with E-state index in [9.17, 15) is 9.59 Å². The van der Waals surface area contributed by atoms with Gasteiger partial charge in [0.05, 0.1) is 32.0 Å². The third-order valence-electron chi connectivity index (χ3n) is 4.60. The maximum atomic E-state index is 12.3. The molecule has 0 aliphatic carbocycles.